The molecule has 0 aliphatic carbocycles. The lowest BCUT2D eigenvalue weighted by Crippen LogP contribution is -2.37. The van der Waals surface area contributed by atoms with Crippen LogP contribution in [-0.2, 0) is 16.0 Å². The van der Waals surface area contributed by atoms with Crippen LogP contribution in [0, 0.1) is 0 Å². The first-order chi connectivity index (χ1) is 8.93. The SMILES string of the molecule is c1ccn2ncc(CNCC3COCCO3)c2c1. The molecule has 0 spiro atoms. The molecule has 5 heteroatoms. The molecule has 1 N–H and O–H groups in total. The Kier molecular flexibility index (Phi) is 3.54. The molecule has 0 aromatic carbocycles. The molecule has 2 aromatic rings. The number of nitrogens with one attached hydrogen (secondary N) is 1. The van der Waals surface area contributed by atoms with Gasteiger partial charge in [-0.2, -0.15) is 5.10 Å². The van der Waals surface area contributed by atoms with Gasteiger partial charge in [-0.3, -0.25) is 0 Å². The zero-order valence-corrected chi connectivity index (χ0v) is 10.2. The Balaban J connectivity index is 1.56. The Hall–Kier alpha value is -1.43. The van der Waals surface area contributed by atoms with Crippen molar-refractivity contribution in [3.05, 3.63) is 36.2 Å². The van der Waals surface area contributed by atoms with Crippen LogP contribution in [0.5, 0.6) is 0 Å². The van der Waals surface area contributed by atoms with Gasteiger partial charge in [-0.05, 0) is 12.1 Å². The fourth-order valence-electron chi connectivity index (χ4n) is 2.15. The van der Waals surface area contributed by atoms with Crippen LogP contribution >= 0.6 is 0 Å². The van der Waals surface area contributed by atoms with Gasteiger partial charge < -0.3 is 14.8 Å². The fraction of sp³-hybridized carbons (Fsp3) is 0.462. The highest BCUT2D eigenvalue weighted by Gasteiger charge is 2.13. The molecule has 0 radical (unpaired) electrons. The summed E-state index contributed by atoms with van der Waals surface area (Å²) in [6, 6.07) is 6.08. The second-order valence-electron chi connectivity index (χ2n) is 4.40. The highest BCUT2D eigenvalue weighted by atomic mass is 16.6. The molecule has 96 valence electrons. The molecule has 0 bridgehead atoms. The number of hydrogen-bond donors (Lipinski definition) is 1. The summed E-state index contributed by atoms with van der Waals surface area (Å²) >= 11 is 0. The average molecular weight is 247 g/mol. The molecule has 5 nitrogen and oxygen atoms in total. The van der Waals surface area contributed by atoms with Crippen LogP contribution in [-0.4, -0.2) is 42.1 Å². The Bertz CT molecular complexity index is 506. The lowest BCUT2D eigenvalue weighted by Gasteiger charge is -2.23. The van der Waals surface area contributed by atoms with Crippen molar-refractivity contribution < 1.29 is 9.47 Å². The summed E-state index contributed by atoms with van der Waals surface area (Å²) < 4.78 is 12.8. The molecule has 1 unspecified atom stereocenters. The van der Waals surface area contributed by atoms with Gasteiger partial charge in [0.05, 0.1) is 37.6 Å². The van der Waals surface area contributed by atoms with Crippen LogP contribution in [0.25, 0.3) is 5.52 Å². The van der Waals surface area contributed by atoms with Crippen LogP contribution < -0.4 is 5.32 Å². The summed E-state index contributed by atoms with van der Waals surface area (Å²) in [6.07, 6.45) is 4.03. The van der Waals surface area contributed by atoms with E-state index in [1.165, 1.54) is 5.56 Å². The van der Waals surface area contributed by atoms with E-state index in [4.69, 9.17) is 9.47 Å². The van der Waals surface area contributed by atoms with Gasteiger partial charge in [0.2, 0.25) is 0 Å². The molecular formula is C13H17N3O2. The Labute approximate surface area is 106 Å². The minimum absolute atomic E-state index is 0.167. The molecule has 3 rings (SSSR count). The molecule has 1 aliphatic heterocycles. The zero-order valence-electron chi connectivity index (χ0n) is 10.2. The fourth-order valence-corrected chi connectivity index (χ4v) is 2.15. The minimum Gasteiger partial charge on any atom is -0.376 e. The lowest BCUT2D eigenvalue weighted by atomic mass is 10.2. The third-order valence-corrected chi connectivity index (χ3v) is 3.08. The zero-order chi connectivity index (χ0) is 12.2. The lowest BCUT2D eigenvalue weighted by molar-refractivity contribution is -0.0864. The number of hydrogen-bond acceptors (Lipinski definition) is 4. The monoisotopic (exact) mass is 247 g/mol. The molecule has 18 heavy (non-hydrogen) atoms. The number of ether oxygens (including phenoxy) is 2. The number of fused-ring (bicyclic) bond motifs is 1. The third kappa shape index (κ3) is 2.53. The molecule has 1 atom stereocenters. The van der Waals surface area contributed by atoms with Crippen molar-refractivity contribution in [3.8, 4) is 0 Å². The summed E-state index contributed by atoms with van der Waals surface area (Å²) in [5.41, 5.74) is 2.35. The highest BCUT2D eigenvalue weighted by molar-refractivity contribution is 5.53. The van der Waals surface area contributed by atoms with Crippen LogP contribution in [0.4, 0.5) is 0 Å². The van der Waals surface area contributed by atoms with E-state index >= 15 is 0 Å². The van der Waals surface area contributed by atoms with Gasteiger partial charge in [-0.15, -0.1) is 0 Å². The van der Waals surface area contributed by atoms with E-state index < -0.39 is 0 Å². The van der Waals surface area contributed by atoms with Gasteiger partial charge in [0.15, 0.2) is 0 Å². The van der Waals surface area contributed by atoms with Crippen molar-refractivity contribution in [2.24, 2.45) is 0 Å². The van der Waals surface area contributed by atoms with Crippen molar-refractivity contribution in [3.63, 3.8) is 0 Å². The van der Waals surface area contributed by atoms with Gasteiger partial charge in [0.25, 0.3) is 0 Å². The van der Waals surface area contributed by atoms with Gasteiger partial charge in [-0.1, -0.05) is 6.07 Å². The molecular weight excluding hydrogens is 230 g/mol. The van der Waals surface area contributed by atoms with Crippen molar-refractivity contribution in [2.75, 3.05) is 26.4 Å². The summed E-state index contributed by atoms with van der Waals surface area (Å²) in [6.45, 7) is 3.70. The normalized spacial score (nSPS) is 20.3. The maximum atomic E-state index is 5.58. The van der Waals surface area contributed by atoms with Gasteiger partial charge in [0.1, 0.15) is 0 Å². The maximum absolute atomic E-state index is 5.58. The van der Waals surface area contributed by atoms with E-state index in [-0.39, 0.29) is 6.10 Å². The quantitative estimate of drug-likeness (QED) is 0.869. The van der Waals surface area contributed by atoms with Crippen molar-refractivity contribution in [1.82, 2.24) is 14.9 Å². The standard InChI is InChI=1S/C13H17N3O2/c1-2-4-16-13(3-1)11(8-15-16)7-14-9-12-10-17-5-6-18-12/h1-4,8,12,14H,5-7,9-10H2. The van der Waals surface area contributed by atoms with Crippen LogP contribution in [0.3, 0.4) is 0 Å². The molecule has 0 amide bonds. The van der Waals surface area contributed by atoms with Crippen LogP contribution in [0.1, 0.15) is 5.56 Å². The molecule has 0 saturated carbocycles. The van der Waals surface area contributed by atoms with Gasteiger partial charge in [0, 0.05) is 24.8 Å². The summed E-state index contributed by atoms with van der Waals surface area (Å²) in [4.78, 5) is 0. The van der Waals surface area contributed by atoms with E-state index in [2.05, 4.69) is 16.5 Å². The molecule has 1 aliphatic rings. The predicted molar refractivity (Wildman–Crippen MR) is 67.5 cm³/mol. The number of pyridine rings is 1. The second-order valence-corrected chi connectivity index (χ2v) is 4.40. The molecule has 3 heterocycles. The summed E-state index contributed by atoms with van der Waals surface area (Å²) in [5, 5.41) is 7.70. The number of aromatic nitrogens is 2. The van der Waals surface area contributed by atoms with Crippen molar-refractivity contribution in [1.29, 1.82) is 0 Å². The highest BCUT2D eigenvalue weighted by Crippen LogP contribution is 2.09. The minimum atomic E-state index is 0.167. The van der Waals surface area contributed by atoms with Crippen molar-refractivity contribution >= 4 is 5.52 Å². The van der Waals surface area contributed by atoms with E-state index in [1.54, 1.807) is 0 Å². The van der Waals surface area contributed by atoms with Crippen molar-refractivity contribution in [2.45, 2.75) is 12.6 Å². The Morgan fingerprint density at radius 2 is 2.39 bits per heavy atom. The molecule has 1 saturated heterocycles. The average Bonchev–Trinajstić information content (AvgIpc) is 2.84. The number of nitrogens with zero attached hydrogens (tertiary/aromatic N) is 2. The van der Waals surface area contributed by atoms with Gasteiger partial charge >= 0.3 is 0 Å². The summed E-state index contributed by atoms with van der Waals surface area (Å²) in [7, 11) is 0. The second kappa shape index (κ2) is 5.48. The molecule has 2 aromatic heterocycles. The maximum Gasteiger partial charge on any atom is 0.0933 e. The first-order valence-corrected chi connectivity index (χ1v) is 6.25. The first-order valence-electron chi connectivity index (χ1n) is 6.25. The Morgan fingerprint density at radius 3 is 3.28 bits per heavy atom. The van der Waals surface area contributed by atoms with Gasteiger partial charge in [-0.25, -0.2) is 4.52 Å². The largest absolute Gasteiger partial charge is 0.376 e. The van der Waals surface area contributed by atoms with E-state index in [1.807, 2.05) is 29.0 Å². The molecule has 1 fully saturated rings. The predicted octanol–water partition coefficient (Wildman–Crippen LogP) is 0.839. The number of rotatable bonds is 4. The summed E-state index contributed by atoms with van der Waals surface area (Å²) in [5.74, 6) is 0. The van der Waals surface area contributed by atoms with Crippen LogP contribution in [0.2, 0.25) is 0 Å². The Morgan fingerprint density at radius 1 is 1.39 bits per heavy atom. The topological polar surface area (TPSA) is 47.8 Å². The van der Waals surface area contributed by atoms with E-state index in [0.717, 1.165) is 18.6 Å². The van der Waals surface area contributed by atoms with E-state index in [0.29, 0.717) is 19.8 Å². The van der Waals surface area contributed by atoms with Crippen LogP contribution in [0.15, 0.2) is 30.6 Å². The van der Waals surface area contributed by atoms with E-state index in [9.17, 15) is 0 Å². The third-order valence-electron chi connectivity index (χ3n) is 3.08. The first kappa shape index (κ1) is 11.6. The smallest absolute Gasteiger partial charge is 0.0933 e.